The van der Waals surface area contributed by atoms with Crippen molar-refractivity contribution < 1.29 is 13.4 Å². The van der Waals surface area contributed by atoms with Crippen LogP contribution in [0.5, 0.6) is 0 Å². The molecule has 1 aliphatic rings. The van der Waals surface area contributed by atoms with Gasteiger partial charge in [0.15, 0.2) is 5.76 Å². The average Bonchev–Trinajstić information content (AvgIpc) is 3.12. The number of amides is 1. The summed E-state index contributed by atoms with van der Waals surface area (Å²) in [6, 6.07) is 11.0. The molecule has 146 valence electrons. The summed E-state index contributed by atoms with van der Waals surface area (Å²) >= 11 is 0. The van der Waals surface area contributed by atoms with E-state index < -0.39 is 10.8 Å². The van der Waals surface area contributed by atoms with Crippen LogP contribution < -0.4 is 5.32 Å². The summed E-state index contributed by atoms with van der Waals surface area (Å²) in [4.78, 5) is 17.7. The van der Waals surface area contributed by atoms with Gasteiger partial charge in [-0.3, -0.25) is 13.9 Å². The molecule has 1 fully saturated rings. The summed E-state index contributed by atoms with van der Waals surface area (Å²) in [5.74, 6) is 0.860. The number of carbonyl (C=O) groups excluding carboxylic acids is 1. The second-order valence-electron chi connectivity index (χ2n) is 6.97. The van der Waals surface area contributed by atoms with E-state index >= 15 is 0 Å². The molecule has 0 aliphatic carbocycles. The minimum atomic E-state index is -1.19. The quantitative estimate of drug-likeness (QED) is 0.783. The van der Waals surface area contributed by atoms with Crippen molar-refractivity contribution in [1.29, 1.82) is 0 Å². The minimum Gasteiger partial charge on any atom is -0.455 e. The lowest BCUT2D eigenvalue weighted by atomic mass is 10.2. The number of benzene rings is 1. The Morgan fingerprint density at radius 1 is 1.19 bits per heavy atom. The normalized spacial score (nSPS) is 17.0. The number of carbonyl (C=O) groups is 1. The number of piperazine rings is 1. The van der Waals surface area contributed by atoms with Crippen LogP contribution >= 0.6 is 0 Å². The van der Waals surface area contributed by atoms with Gasteiger partial charge >= 0.3 is 0 Å². The second-order valence-corrected chi connectivity index (χ2v) is 8.42. The number of rotatable bonds is 7. The summed E-state index contributed by atoms with van der Waals surface area (Å²) in [5, 5.41) is 2.90. The Morgan fingerprint density at radius 2 is 1.96 bits per heavy atom. The van der Waals surface area contributed by atoms with Gasteiger partial charge in [0, 0.05) is 44.2 Å². The molecule has 1 aromatic heterocycles. The Balaban J connectivity index is 1.46. The summed E-state index contributed by atoms with van der Waals surface area (Å²) in [5.41, 5.74) is 1.07. The Morgan fingerprint density at radius 3 is 2.70 bits per heavy atom. The van der Waals surface area contributed by atoms with E-state index in [1.165, 1.54) is 0 Å². The van der Waals surface area contributed by atoms with E-state index in [-0.39, 0.29) is 17.4 Å². The molecule has 1 amide bonds. The summed E-state index contributed by atoms with van der Waals surface area (Å²) in [7, 11) is 0.932. The summed E-state index contributed by atoms with van der Waals surface area (Å²) in [6.45, 7) is 7.59. The van der Waals surface area contributed by atoms with E-state index in [0.717, 1.165) is 43.2 Å². The SMILES string of the molecule is Cc1cccc(S(=O)Cc2ccc(C(=O)NCCN3CCN(C)CC3)o2)c1. The highest BCUT2D eigenvalue weighted by Crippen LogP contribution is 2.16. The predicted molar refractivity (Wildman–Crippen MR) is 106 cm³/mol. The van der Waals surface area contributed by atoms with Gasteiger partial charge in [0.1, 0.15) is 5.76 Å². The van der Waals surface area contributed by atoms with Gasteiger partial charge in [0.05, 0.1) is 16.6 Å². The van der Waals surface area contributed by atoms with E-state index in [0.29, 0.717) is 12.3 Å². The van der Waals surface area contributed by atoms with E-state index in [1.807, 2.05) is 31.2 Å². The fraction of sp³-hybridized carbons (Fsp3) is 0.450. The van der Waals surface area contributed by atoms with Crippen LogP contribution in [0.1, 0.15) is 21.9 Å². The number of likely N-dealkylation sites (N-methyl/N-ethyl adjacent to an activating group) is 1. The molecule has 0 radical (unpaired) electrons. The van der Waals surface area contributed by atoms with E-state index in [4.69, 9.17) is 4.42 Å². The van der Waals surface area contributed by atoms with Gasteiger partial charge in [0.25, 0.3) is 5.91 Å². The van der Waals surface area contributed by atoms with Crippen molar-refractivity contribution >= 4 is 16.7 Å². The van der Waals surface area contributed by atoms with Crippen LogP contribution in [0.25, 0.3) is 0 Å². The molecule has 1 saturated heterocycles. The standard InChI is InChI=1S/C20H27N3O3S/c1-16-4-3-5-18(14-16)27(25)15-17-6-7-19(26-17)20(24)21-8-9-23-12-10-22(2)11-13-23/h3-7,14H,8-13,15H2,1-2H3,(H,21,24). The Labute approximate surface area is 163 Å². The molecule has 0 spiro atoms. The monoisotopic (exact) mass is 389 g/mol. The van der Waals surface area contributed by atoms with Gasteiger partial charge in [-0.25, -0.2) is 0 Å². The Hall–Kier alpha value is -1.96. The lowest BCUT2D eigenvalue weighted by Gasteiger charge is -2.32. The van der Waals surface area contributed by atoms with Crippen LogP contribution in [-0.2, 0) is 16.6 Å². The molecule has 1 atom stereocenters. The van der Waals surface area contributed by atoms with Crippen LogP contribution in [0.3, 0.4) is 0 Å². The maximum absolute atomic E-state index is 12.5. The third-order valence-electron chi connectivity index (χ3n) is 4.72. The van der Waals surface area contributed by atoms with Crippen molar-refractivity contribution in [3.63, 3.8) is 0 Å². The predicted octanol–water partition coefficient (Wildman–Crippen LogP) is 1.87. The van der Waals surface area contributed by atoms with E-state index in [2.05, 4.69) is 22.2 Å². The highest BCUT2D eigenvalue weighted by Gasteiger charge is 2.16. The zero-order valence-corrected chi connectivity index (χ0v) is 16.8. The lowest BCUT2D eigenvalue weighted by molar-refractivity contribution is 0.0912. The first-order valence-corrected chi connectivity index (χ1v) is 10.6. The number of nitrogens with one attached hydrogen (secondary N) is 1. The largest absolute Gasteiger partial charge is 0.455 e. The summed E-state index contributed by atoms with van der Waals surface area (Å²) < 4.78 is 18.1. The lowest BCUT2D eigenvalue weighted by Crippen LogP contribution is -2.46. The first-order valence-electron chi connectivity index (χ1n) is 9.24. The van der Waals surface area contributed by atoms with Crippen LogP contribution in [0, 0.1) is 6.92 Å². The van der Waals surface area contributed by atoms with Gasteiger partial charge in [-0.2, -0.15) is 0 Å². The first-order chi connectivity index (χ1) is 13.0. The molecular formula is C20H27N3O3S. The van der Waals surface area contributed by atoms with Gasteiger partial charge < -0.3 is 14.6 Å². The van der Waals surface area contributed by atoms with E-state index in [9.17, 15) is 9.00 Å². The molecule has 0 saturated carbocycles. The minimum absolute atomic E-state index is 0.225. The molecule has 7 heteroatoms. The summed E-state index contributed by atoms with van der Waals surface area (Å²) in [6.07, 6.45) is 0. The Bertz CT molecular complexity index is 797. The van der Waals surface area contributed by atoms with Crippen molar-refractivity contribution in [2.45, 2.75) is 17.6 Å². The third kappa shape index (κ3) is 5.76. The molecule has 1 aromatic carbocycles. The maximum Gasteiger partial charge on any atom is 0.287 e. The number of hydrogen-bond donors (Lipinski definition) is 1. The number of nitrogens with zero attached hydrogens (tertiary/aromatic N) is 2. The molecule has 2 aromatic rings. The maximum atomic E-state index is 12.5. The van der Waals surface area contributed by atoms with Crippen molar-refractivity contribution in [1.82, 2.24) is 15.1 Å². The molecule has 3 rings (SSSR count). The van der Waals surface area contributed by atoms with Crippen LogP contribution in [-0.4, -0.2) is 66.2 Å². The number of furan rings is 1. The highest BCUT2D eigenvalue weighted by atomic mass is 32.2. The number of hydrogen-bond acceptors (Lipinski definition) is 5. The average molecular weight is 390 g/mol. The smallest absolute Gasteiger partial charge is 0.287 e. The van der Waals surface area contributed by atoms with Gasteiger partial charge in [-0.1, -0.05) is 12.1 Å². The van der Waals surface area contributed by atoms with Gasteiger partial charge in [-0.05, 0) is 43.8 Å². The molecule has 1 N–H and O–H groups in total. The fourth-order valence-corrected chi connectivity index (χ4v) is 4.16. The molecule has 2 heterocycles. The van der Waals surface area contributed by atoms with Crippen LogP contribution in [0.4, 0.5) is 0 Å². The highest BCUT2D eigenvalue weighted by molar-refractivity contribution is 7.84. The second kappa shape index (κ2) is 9.30. The van der Waals surface area contributed by atoms with Crippen molar-refractivity contribution in [2.75, 3.05) is 46.3 Å². The van der Waals surface area contributed by atoms with Crippen molar-refractivity contribution in [3.8, 4) is 0 Å². The molecular weight excluding hydrogens is 362 g/mol. The van der Waals surface area contributed by atoms with Crippen LogP contribution in [0.15, 0.2) is 45.7 Å². The van der Waals surface area contributed by atoms with Crippen molar-refractivity contribution in [2.24, 2.45) is 0 Å². The molecule has 27 heavy (non-hydrogen) atoms. The van der Waals surface area contributed by atoms with Crippen molar-refractivity contribution in [3.05, 3.63) is 53.5 Å². The zero-order chi connectivity index (χ0) is 19.2. The fourth-order valence-electron chi connectivity index (χ4n) is 3.03. The topological polar surface area (TPSA) is 65.8 Å². The van der Waals surface area contributed by atoms with E-state index in [1.54, 1.807) is 12.1 Å². The van der Waals surface area contributed by atoms with Crippen LogP contribution in [0.2, 0.25) is 0 Å². The zero-order valence-electron chi connectivity index (χ0n) is 15.9. The van der Waals surface area contributed by atoms with Gasteiger partial charge in [0.2, 0.25) is 0 Å². The molecule has 6 nitrogen and oxygen atoms in total. The third-order valence-corrected chi connectivity index (χ3v) is 6.05. The number of aryl methyl sites for hydroxylation is 1. The molecule has 1 aliphatic heterocycles. The molecule has 0 bridgehead atoms. The molecule has 1 unspecified atom stereocenters. The van der Waals surface area contributed by atoms with Gasteiger partial charge in [-0.15, -0.1) is 0 Å². The Kier molecular flexibility index (Phi) is 6.82. The first kappa shape index (κ1) is 19.8.